The molecule has 0 spiro atoms. The average molecular weight is 290 g/mol. The van der Waals surface area contributed by atoms with Crippen LogP contribution in [0, 0.1) is 5.92 Å². The van der Waals surface area contributed by atoms with Crippen LogP contribution >= 0.6 is 0 Å². The molecule has 1 aliphatic heterocycles. The van der Waals surface area contributed by atoms with Crippen LogP contribution in [-0.4, -0.2) is 57.5 Å². The highest BCUT2D eigenvalue weighted by molar-refractivity contribution is 7.91. The van der Waals surface area contributed by atoms with Crippen molar-refractivity contribution in [2.45, 2.75) is 39.5 Å². The van der Waals surface area contributed by atoms with Crippen LogP contribution in [0.2, 0.25) is 0 Å². The summed E-state index contributed by atoms with van der Waals surface area (Å²) in [5.41, 5.74) is 0. The SMILES string of the molecule is CCCNCC1CCN(CCCS(=O)(=O)CC)CC1. The lowest BCUT2D eigenvalue weighted by Gasteiger charge is -2.32. The zero-order valence-corrected chi connectivity index (χ0v) is 13.3. The van der Waals surface area contributed by atoms with E-state index >= 15 is 0 Å². The first-order valence-electron chi connectivity index (χ1n) is 7.71. The van der Waals surface area contributed by atoms with E-state index in [2.05, 4.69) is 17.1 Å². The Bertz CT molecular complexity index is 322. The van der Waals surface area contributed by atoms with E-state index in [4.69, 9.17) is 0 Å². The maximum absolute atomic E-state index is 11.4. The van der Waals surface area contributed by atoms with Gasteiger partial charge < -0.3 is 10.2 Å². The molecule has 1 N–H and O–H groups in total. The van der Waals surface area contributed by atoms with Gasteiger partial charge in [-0.15, -0.1) is 0 Å². The molecule has 1 saturated heterocycles. The molecule has 0 radical (unpaired) electrons. The van der Waals surface area contributed by atoms with Crippen molar-refractivity contribution in [2.24, 2.45) is 5.92 Å². The van der Waals surface area contributed by atoms with Gasteiger partial charge >= 0.3 is 0 Å². The van der Waals surface area contributed by atoms with Gasteiger partial charge in [0.15, 0.2) is 0 Å². The summed E-state index contributed by atoms with van der Waals surface area (Å²) in [4.78, 5) is 2.42. The molecule has 4 nitrogen and oxygen atoms in total. The summed E-state index contributed by atoms with van der Waals surface area (Å²) in [6.07, 6.45) is 4.48. The fourth-order valence-corrected chi connectivity index (χ4v) is 3.41. The van der Waals surface area contributed by atoms with Crippen molar-refractivity contribution >= 4 is 9.84 Å². The van der Waals surface area contributed by atoms with Gasteiger partial charge in [0.1, 0.15) is 9.84 Å². The Labute approximate surface area is 118 Å². The standard InChI is InChI=1S/C14H30N2O2S/c1-3-8-15-13-14-6-10-16(11-7-14)9-5-12-19(17,18)4-2/h14-15H,3-13H2,1-2H3. The summed E-state index contributed by atoms with van der Waals surface area (Å²) in [5.74, 6) is 1.43. The number of hydrogen-bond acceptors (Lipinski definition) is 4. The van der Waals surface area contributed by atoms with Crippen LogP contribution in [0.15, 0.2) is 0 Å². The molecular formula is C14H30N2O2S. The van der Waals surface area contributed by atoms with Gasteiger partial charge in [0, 0.05) is 5.75 Å². The topological polar surface area (TPSA) is 49.4 Å². The van der Waals surface area contributed by atoms with Gasteiger partial charge in [-0.25, -0.2) is 8.42 Å². The highest BCUT2D eigenvalue weighted by atomic mass is 32.2. The molecule has 1 rings (SSSR count). The van der Waals surface area contributed by atoms with Gasteiger partial charge in [-0.2, -0.15) is 0 Å². The van der Waals surface area contributed by atoms with E-state index in [-0.39, 0.29) is 5.75 Å². The molecule has 0 aliphatic carbocycles. The minimum Gasteiger partial charge on any atom is -0.316 e. The minimum atomic E-state index is -2.78. The number of nitrogens with zero attached hydrogens (tertiary/aromatic N) is 1. The lowest BCUT2D eigenvalue weighted by Crippen LogP contribution is -2.38. The van der Waals surface area contributed by atoms with E-state index in [0.717, 1.165) is 45.1 Å². The van der Waals surface area contributed by atoms with Crippen LogP contribution in [0.25, 0.3) is 0 Å². The molecule has 0 atom stereocenters. The number of hydrogen-bond donors (Lipinski definition) is 1. The summed E-state index contributed by atoms with van der Waals surface area (Å²) in [5, 5.41) is 3.49. The molecule has 1 heterocycles. The molecule has 0 saturated carbocycles. The maximum atomic E-state index is 11.4. The lowest BCUT2D eigenvalue weighted by atomic mass is 9.96. The van der Waals surface area contributed by atoms with E-state index in [0.29, 0.717) is 5.75 Å². The highest BCUT2D eigenvalue weighted by Gasteiger charge is 2.18. The first-order valence-corrected chi connectivity index (χ1v) is 9.53. The third-order valence-electron chi connectivity index (χ3n) is 3.94. The molecule has 114 valence electrons. The molecule has 0 unspecified atom stereocenters. The predicted octanol–water partition coefficient (Wildman–Crippen LogP) is 1.52. The highest BCUT2D eigenvalue weighted by Crippen LogP contribution is 2.16. The Morgan fingerprint density at radius 2 is 1.89 bits per heavy atom. The number of likely N-dealkylation sites (tertiary alicyclic amines) is 1. The first-order chi connectivity index (χ1) is 9.07. The van der Waals surface area contributed by atoms with E-state index in [1.165, 1.54) is 19.3 Å². The van der Waals surface area contributed by atoms with Crippen LogP contribution in [0.3, 0.4) is 0 Å². The third-order valence-corrected chi connectivity index (χ3v) is 5.73. The molecule has 0 bridgehead atoms. The van der Waals surface area contributed by atoms with Crippen LogP contribution in [-0.2, 0) is 9.84 Å². The molecule has 0 aromatic rings. The van der Waals surface area contributed by atoms with Crippen molar-refractivity contribution < 1.29 is 8.42 Å². The van der Waals surface area contributed by atoms with Crippen molar-refractivity contribution in [3.63, 3.8) is 0 Å². The smallest absolute Gasteiger partial charge is 0.150 e. The van der Waals surface area contributed by atoms with Crippen molar-refractivity contribution in [1.29, 1.82) is 0 Å². The lowest BCUT2D eigenvalue weighted by molar-refractivity contribution is 0.183. The first kappa shape index (κ1) is 16.9. The van der Waals surface area contributed by atoms with Gasteiger partial charge in [-0.05, 0) is 64.3 Å². The number of sulfone groups is 1. The van der Waals surface area contributed by atoms with Crippen LogP contribution in [0.5, 0.6) is 0 Å². The quantitative estimate of drug-likeness (QED) is 0.654. The Morgan fingerprint density at radius 3 is 2.47 bits per heavy atom. The molecule has 19 heavy (non-hydrogen) atoms. The van der Waals surface area contributed by atoms with Crippen molar-refractivity contribution in [3.8, 4) is 0 Å². The van der Waals surface area contributed by atoms with Gasteiger partial charge in [-0.3, -0.25) is 0 Å². The predicted molar refractivity (Wildman–Crippen MR) is 81.3 cm³/mol. The van der Waals surface area contributed by atoms with Gasteiger partial charge in [0.05, 0.1) is 5.75 Å². The van der Waals surface area contributed by atoms with Crippen LogP contribution in [0.4, 0.5) is 0 Å². The summed E-state index contributed by atoms with van der Waals surface area (Å²) in [7, 11) is -2.78. The molecule has 1 fully saturated rings. The molecule has 1 aliphatic rings. The fourth-order valence-electron chi connectivity index (χ4n) is 2.55. The Kier molecular flexibility index (Phi) is 7.95. The Morgan fingerprint density at radius 1 is 1.21 bits per heavy atom. The zero-order chi connectivity index (χ0) is 14.1. The van der Waals surface area contributed by atoms with Crippen molar-refractivity contribution in [2.75, 3.05) is 44.2 Å². The molecule has 5 heteroatoms. The van der Waals surface area contributed by atoms with Crippen LogP contribution < -0.4 is 5.32 Å². The van der Waals surface area contributed by atoms with E-state index in [1.807, 2.05) is 0 Å². The molecule has 0 aromatic heterocycles. The minimum absolute atomic E-state index is 0.276. The summed E-state index contributed by atoms with van der Waals surface area (Å²) in [6.45, 7) is 9.38. The second kappa shape index (κ2) is 8.93. The summed E-state index contributed by atoms with van der Waals surface area (Å²) >= 11 is 0. The fraction of sp³-hybridized carbons (Fsp3) is 1.00. The van der Waals surface area contributed by atoms with Gasteiger partial charge in [0.25, 0.3) is 0 Å². The van der Waals surface area contributed by atoms with Crippen LogP contribution in [0.1, 0.15) is 39.5 Å². The number of piperidine rings is 1. The van der Waals surface area contributed by atoms with E-state index < -0.39 is 9.84 Å². The monoisotopic (exact) mass is 290 g/mol. The molecule has 0 aromatic carbocycles. The van der Waals surface area contributed by atoms with Gasteiger partial charge in [0.2, 0.25) is 0 Å². The zero-order valence-electron chi connectivity index (χ0n) is 12.5. The number of rotatable bonds is 9. The largest absolute Gasteiger partial charge is 0.316 e. The van der Waals surface area contributed by atoms with E-state index in [9.17, 15) is 8.42 Å². The maximum Gasteiger partial charge on any atom is 0.150 e. The summed E-state index contributed by atoms with van der Waals surface area (Å²) < 4.78 is 22.8. The second-order valence-electron chi connectivity index (χ2n) is 5.58. The summed E-state index contributed by atoms with van der Waals surface area (Å²) in [6, 6.07) is 0. The normalized spacial score (nSPS) is 18.8. The third kappa shape index (κ3) is 7.28. The van der Waals surface area contributed by atoms with E-state index in [1.54, 1.807) is 6.92 Å². The van der Waals surface area contributed by atoms with Crippen molar-refractivity contribution in [1.82, 2.24) is 10.2 Å². The Hall–Kier alpha value is -0.130. The second-order valence-corrected chi connectivity index (χ2v) is 8.05. The van der Waals surface area contributed by atoms with Gasteiger partial charge in [-0.1, -0.05) is 13.8 Å². The molecular weight excluding hydrogens is 260 g/mol. The number of nitrogens with one attached hydrogen (secondary N) is 1. The molecule has 0 amide bonds. The average Bonchev–Trinajstić information content (AvgIpc) is 2.41. The van der Waals surface area contributed by atoms with Crippen molar-refractivity contribution in [3.05, 3.63) is 0 Å². The Balaban J connectivity index is 2.10.